The van der Waals surface area contributed by atoms with Crippen molar-refractivity contribution in [1.82, 2.24) is 10.2 Å². The molecule has 0 bridgehead atoms. The fourth-order valence-corrected chi connectivity index (χ4v) is 2.59. The minimum Gasteiger partial charge on any atom is -0.380 e. The fourth-order valence-electron chi connectivity index (χ4n) is 2.59. The molecule has 0 aromatic heterocycles. The standard InChI is InChI=1S/C16H24N2O2.ClH/c1-3-18(9-10-20-4-2)16(19)15-11-13-7-5-6-8-14(13)12-17-15;/h5-8,15,17H,3-4,9-12H2,1-2H3;1H. The van der Waals surface area contributed by atoms with E-state index in [-0.39, 0.29) is 24.4 Å². The Bertz CT molecular complexity index is 454. The molecule has 0 radical (unpaired) electrons. The lowest BCUT2D eigenvalue weighted by Gasteiger charge is -2.30. The zero-order valence-corrected chi connectivity index (χ0v) is 13.6. The van der Waals surface area contributed by atoms with Gasteiger partial charge in [-0.25, -0.2) is 0 Å². The number of nitrogens with zero attached hydrogens (tertiary/aromatic N) is 1. The highest BCUT2D eigenvalue weighted by atomic mass is 35.5. The molecule has 1 unspecified atom stereocenters. The summed E-state index contributed by atoms with van der Waals surface area (Å²) in [5, 5.41) is 3.35. The molecule has 0 aliphatic carbocycles. The van der Waals surface area contributed by atoms with E-state index < -0.39 is 0 Å². The van der Waals surface area contributed by atoms with Crippen LogP contribution in [-0.4, -0.2) is 43.2 Å². The number of fused-ring (bicyclic) bond motifs is 1. The second kappa shape index (κ2) is 9.03. The van der Waals surface area contributed by atoms with Crippen LogP contribution in [0.2, 0.25) is 0 Å². The topological polar surface area (TPSA) is 41.6 Å². The second-order valence-electron chi connectivity index (χ2n) is 5.02. The molecule has 1 N–H and O–H groups in total. The first kappa shape index (κ1) is 18.0. The van der Waals surface area contributed by atoms with Crippen LogP contribution in [0.4, 0.5) is 0 Å². The van der Waals surface area contributed by atoms with Gasteiger partial charge in [0.25, 0.3) is 0 Å². The van der Waals surface area contributed by atoms with Crippen molar-refractivity contribution in [2.24, 2.45) is 0 Å². The van der Waals surface area contributed by atoms with E-state index in [2.05, 4.69) is 17.4 Å². The average molecular weight is 313 g/mol. The minimum absolute atomic E-state index is 0. The second-order valence-corrected chi connectivity index (χ2v) is 5.02. The van der Waals surface area contributed by atoms with Crippen molar-refractivity contribution in [2.75, 3.05) is 26.3 Å². The molecule has 0 saturated carbocycles. The maximum absolute atomic E-state index is 12.5. The first-order valence-electron chi connectivity index (χ1n) is 7.43. The number of carbonyl (C=O) groups excluding carboxylic acids is 1. The third-order valence-corrected chi connectivity index (χ3v) is 3.78. The molecular formula is C16H25ClN2O2. The Morgan fingerprint density at radius 1 is 1.33 bits per heavy atom. The van der Waals surface area contributed by atoms with E-state index in [9.17, 15) is 4.79 Å². The molecule has 2 rings (SSSR count). The third-order valence-electron chi connectivity index (χ3n) is 3.78. The molecule has 5 heteroatoms. The molecule has 0 saturated heterocycles. The van der Waals surface area contributed by atoms with E-state index in [1.165, 1.54) is 11.1 Å². The molecule has 4 nitrogen and oxygen atoms in total. The number of ether oxygens (including phenoxy) is 1. The van der Waals surface area contributed by atoms with Crippen LogP contribution < -0.4 is 5.32 Å². The van der Waals surface area contributed by atoms with Crippen LogP contribution in [0.3, 0.4) is 0 Å². The molecule has 1 aliphatic heterocycles. The molecule has 0 fully saturated rings. The molecule has 1 aromatic carbocycles. The first-order chi connectivity index (χ1) is 9.76. The Hall–Kier alpha value is -1.10. The van der Waals surface area contributed by atoms with Crippen LogP contribution in [0.25, 0.3) is 0 Å². The first-order valence-corrected chi connectivity index (χ1v) is 7.43. The van der Waals surface area contributed by atoms with E-state index in [0.29, 0.717) is 19.8 Å². The van der Waals surface area contributed by atoms with Gasteiger partial charge in [-0.15, -0.1) is 12.4 Å². The largest absolute Gasteiger partial charge is 0.380 e. The van der Waals surface area contributed by atoms with Crippen LogP contribution in [-0.2, 0) is 22.5 Å². The molecule has 1 aromatic rings. The molecule has 1 heterocycles. The van der Waals surface area contributed by atoms with E-state index in [4.69, 9.17) is 4.74 Å². The summed E-state index contributed by atoms with van der Waals surface area (Å²) in [5.74, 6) is 0.182. The van der Waals surface area contributed by atoms with Gasteiger partial charge in [0.2, 0.25) is 5.91 Å². The summed E-state index contributed by atoms with van der Waals surface area (Å²) in [7, 11) is 0. The number of rotatable bonds is 6. The highest BCUT2D eigenvalue weighted by Crippen LogP contribution is 2.17. The molecule has 118 valence electrons. The zero-order valence-electron chi connectivity index (χ0n) is 12.8. The Kier molecular flexibility index (Phi) is 7.72. The number of hydrogen-bond donors (Lipinski definition) is 1. The normalized spacial score (nSPS) is 16.8. The van der Waals surface area contributed by atoms with E-state index in [1.54, 1.807) is 0 Å². The summed E-state index contributed by atoms with van der Waals surface area (Å²) < 4.78 is 5.35. The van der Waals surface area contributed by atoms with Gasteiger partial charge in [0.05, 0.1) is 12.6 Å². The van der Waals surface area contributed by atoms with Crippen LogP contribution in [0.1, 0.15) is 25.0 Å². The Morgan fingerprint density at radius 3 is 2.71 bits per heavy atom. The van der Waals surface area contributed by atoms with Crippen LogP contribution in [0, 0.1) is 0 Å². The quantitative estimate of drug-likeness (QED) is 0.817. The SMILES string of the molecule is CCOCCN(CC)C(=O)C1Cc2ccccc2CN1.Cl. The molecule has 1 amide bonds. The molecule has 1 atom stereocenters. The Labute approximate surface area is 133 Å². The molecule has 0 spiro atoms. The fraction of sp³-hybridized carbons (Fsp3) is 0.562. The predicted molar refractivity (Wildman–Crippen MR) is 86.8 cm³/mol. The van der Waals surface area contributed by atoms with E-state index in [0.717, 1.165) is 19.5 Å². The van der Waals surface area contributed by atoms with Crippen LogP contribution in [0.15, 0.2) is 24.3 Å². The van der Waals surface area contributed by atoms with Gasteiger partial charge in [-0.3, -0.25) is 4.79 Å². The summed E-state index contributed by atoms with van der Waals surface area (Å²) in [6, 6.07) is 8.22. The van der Waals surface area contributed by atoms with Crippen LogP contribution in [0.5, 0.6) is 0 Å². The molecule has 1 aliphatic rings. The maximum Gasteiger partial charge on any atom is 0.240 e. The van der Waals surface area contributed by atoms with Crippen molar-refractivity contribution in [3.05, 3.63) is 35.4 Å². The van der Waals surface area contributed by atoms with Gasteiger partial charge < -0.3 is 15.0 Å². The van der Waals surface area contributed by atoms with Crippen molar-refractivity contribution in [1.29, 1.82) is 0 Å². The number of carbonyl (C=O) groups is 1. The van der Waals surface area contributed by atoms with Gasteiger partial charge in [-0.2, -0.15) is 0 Å². The van der Waals surface area contributed by atoms with E-state index in [1.807, 2.05) is 30.9 Å². The third kappa shape index (κ3) is 4.70. The maximum atomic E-state index is 12.5. The van der Waals surface area contributed by atoms with Gasteiger partial charge in [0.1, 0.15) is 0 Å². The number of amides is 1. The summed E-state index contributed by atoms with van der Waals surface area (Å²) >= 11 is 0. The number of hydrogen-bond acceptors (Lipinski definition) is 3. The van der Waals surface area contributed by atoms with Crippen molar-refractivity contribution >= 4 is 18.3 Å². The minimum atomic E-state index is -0.105. The summed E-state index contributed by atoms with van der Waals surface area (Å²) in [4.78, 5) is 14.4. The monoisotopic (exact) mass is 312 g/mol. The average Bonchev–Trinajstić information content (AvgIpc) is 2.50. The van der Waals surface area contributed by atoms with Crippen LogP contribution >= 0.6 is 12.4 Å². The number of benzene rings is 1. The number of halogens is 1. The highest BCUT2D eigenvalue weighted by Gasteiger charge is 2.26. The zero-order chi connectivity index (χ0) is 14.4. The van der Waals surface area contributed by atoms with Gasteiger partial charge in [-0.1, -0.05) is 24.3 Å². The van der Waals surface area contributed by atoms with Crippen molar-refractivity contribution in [3.8, 4) is 0 Å². The summed E-state index contributed by atoms with van der Waals surface area (Å²) in [6.45, 7) is 7.46. The number of likely N-dealkylation sites (N-methyl/N-ethyl adjacent to an activating group) is 1. The van der Waals surface area contributed by atoms with Gasteiger partial charge in [-0.05, 0) is 31.4 Å². The summed E-state index contributed by atoms with van der Waals surface area (Å²) in [6.07, 6.45) is 0.778. The molecule has 21 heavy (non-hydrogen) atoms. The van der Waals surface area contributed by atoms with Crippen molar-refractivity contribution in [3.63, 3.8) is 0 Å². The number of nitrogens with one attached hydrogen (secondary N) is 1. The smallest absolute Gasteiger partial charge is 0.240 e. The van der Waals surface area contributed by atoms with Gasteiger partial charge in [0, 0.05) is 26.2 Å². The van der Waals surface area contributed by atoms with Gasteiger partial charge in [0.15, 0.2) is 0 Å². The summed E-state index contributed by atoms with van der Waals surface area (Å²) in [5.41, 5.74) is 2.58. The predicted octanol–water partition coefficient (Wildman–Crippen LogP) is 2.01. The van der Waals surface area contributed by atoms with E-state index >= 15 is 0 Å². The highest BCUT2D eigenvalue weighted by molar-refractivity contribution is 5.85. The Morgan fingerprint density at radius 2 is 2.05 bits per heavy atom. The lowest BCUT2D eigenvalue weighted by Crippen LogP contribution is -2.50. The lowest BCUT2D eigenvalue weighted by molar-refractivity contribution is -0.134. The van der Waals surface area contributed by atoms with Crippen molar-refractivity contribution < 1.29 is 9.53 Å². The Balaban J connectivity index is 0.00000220. The molecular weight excluding hydrogens is 288 g/mol. The van der Waals surface area contributed by atoms with Crippen molar-refractivity contribution in [2.45, 2.75) is 32.9 Å². The lowest BCUT2D eigenvalue weighted by atomic mass is 9.95. The van der Waals surface area contributed by atoms with Gasteiger partial charge >= 0.3 is 0 Å².